The molecule has 7 heteroatoms. The van der Waals surface area contributed by atoms with E-state index in [1.807, 2.05) is 0 Å². The third-order valence-corrected chi connectivity index (χ3v) is 0. The lowest BCUT2D eigenvalue weighted by Crippen LogP contribution is -2.33. The number of halogens is 1. The molecule has 0 aliphatic carbocycles. The summed E-state index contributed by atoms with van der Waals surface area (Å²) in [4.78, 5) is 29.3. The average Bonchev–Trinajstić information content (AvgIpc) is 1.36. The molecule has 0 spiro atoms. The van der Waals surface area contributed by atoms with Crippen molar-refractivity contribution in [2.75, 3.05) is 0 Å². The molecular weight excluding hydrogens is 125 g/mol. The zero-order valence-corrected chi connectivity index (χ0v) is 4.24. The van der Waals surface area contributed by atoms with Crippen molar-refractivity contribution in [2.24, 2.45) is 5.96 Å². The van der Waals surface area contributed by atoms with Gasteiger partial charge in [0, 0.05) is 0 Å². The molecule has 5 nitrogen and oxygen atoms in total. The molecule has 0 bridgehead atoms. The Morgan fingerprint density at radius 1 is 1.00 bits per heavy atom. The summed E-state index contributed by atoms with van der Waals surface area (Å²) in [5.41, 5.74) is 0. The van der Waals surface area contributed by atoms with Gasteiger partial charge < -0.3 is 19.2 Å². The first-order valence-corrected chi connectivity index (χ1v) is 2.90. The second-order valence-corrected chi connectivity index (χ2v) is 1.80. The van der Waals surface area contributed by atoms with E-state index < -0.39 is 9.05 Å². The minimum Gasteiger partial charge on any atom is -0.368 e. The Morgan fingerprint density at radius 3 is 1.00 bits per heavy atom. The van der Waals surface area contributed by atoms with E-state index in [-0.39, 0.29) is 0 Å². The zero-order chi connectivity index (χ0) is 6.50. The van der Waals surface area contributed by atoms with Crippen LogP contribution in [0.1, 0.15) is 0 Å². The fraction of sp³-hybridized carbons (Fsp3) is 0. The molecule has 0 unspecified atom stereocenters. The van der Waals surface area contributed by atoms with Crippen LogP contribution in [-0.4, -0.2) is 28.2 Å². The highest BCUT2D eigenvalue weighted by Gasteiger charge is 2.22. The first kappa shape index (κ1) is 10.0. The predicted octanol–water partition coefficient (Wildman–Crippen LogP) is -2.78. The van der Waals surface area contributed by atoms with Gasteiger partial charge in [-0.2, -0.15) is 5.96 Å². The van der Waals surface area contributed by atoms with Crippen molar-refractivity contribution in [3.8, 4) is 0 Å². The molecule has 0 amide bonds. The highest BCUT2D eigenvalue weighted by molar-refractivity contribution is 6.46. The molecule has 0 saturated heterocycles. The molecule has 7 heavy (non-hydrogen) atoms. The predicted molar refractivity (Wildman–Crippen MR) is 19.9 cm³/mol. The van der Waals surface area contributed by atoms with Crippen molar-refractivity contribution >= 4 is 9.05 Å². The van der Waals surface area contributed by atoms with Gasteiger partial charge in [-0.1, -0.05) is 0 Å². The summed E-state index contributed by atoms with van der Waals surface area (Å²) in [5.74, 6) is 3.00. The van der Waals surface area contributed by atoms with Gasteiger partial charge in [0.1, 0.15) is 0 Å². The van der Waals surface area contributed by atoms with Crippen molar-refractivity contribution in [3.05, 3.63) is 0 Å². The van der Waals surface area contributed by atoms with Crippen molar-refractivity contribution < 1.29 is 23.7 Å². The maximum atomic E-state index is 9.00. The van der Waals surface area contributed by atoms with E-state index in [9.17, 15) is 0 Å². The lowest BCUT2D eigenvalue weighted by Gasteiger charge is -1.91. The van der Waals surface area contributed by atoms with Crippen LogP contribution in [0.3, 0.4) is 0 Å². The van der Waals surface area contributed by atoms with E-state index in [0.29, 0.717) is 0 Å². The quantitative estimate of drug-likeness (QED) is 0.180. The summed E-state index contributed by atoms with van der Waals surface area (Å²) in [6, 6.07) is 0. The van der Waals surface area contributed by atoms with E-state index in [0.717, 1.165) is 0 Å². The number of hydrogen-bond acceptors (Lipinski definition) is 5. The Kier molecular flexibility index (Phi) is 5.90. The normalized spacial score (nSPS) is 9.43. The molecule has 0 fully saturated rings. The molecule has 0 radical (unpaired) electrons. The van der Waals surface area contributed by atoms with Crippen LogP contribution in [0, 0.1) is 0 Å². The maximum absolute atomic E-state index is 9.00. The monoisotopic (exact) mass is 131 g/mol. The van der Waals surface area contributed by atoms with Gasteiger partial charge in [0.15, 0.2) is 0 Å². The van der Waals surface area contributed by atoms with Gasteiger partial charge in [-0.15, -0.1) is 4.48 Å². The minimum atomic E-state index is -4.61. The van der Waals surface area contributed by atoms with E-state index in [1.54, 1.807) is 0 Å². The lowest BCUT2D eigenvalue weighted by molar-refractivity contribution is 0.117. The van der Waals surface area contributed by atoms with Crippen molar-refractivity contribution in [1.82, 2.24) is 0 Å². The SMILES string of the molecule is NF.O[Si](O)(O)O. The summed E-state index contributed by atoms with van der Waals surface area (Å²) < 4.78 is 9.00. The molecule has 0 aliphatic heterocycles. The Balaban J connectivity index is 0. The van der Waals surface area contributed by atoms with Crippen LogP contribution in [0.15, 0.2) is 0 Å². The van der Waals surface area contributed by atoms with Crippen molar-refractivity contribution in [2.45, 2.75) is 0 Å². The van der Waals surface area contributed by atoms with Crippen LogP contribution in [0.25, 0.3) is 0 Å². The number of hydrogen-bond donors (Lipinski definition) is 5. The fourth-order valence-corrected chi connectivity index (χ4v) is 0. The Morgan fingerprint density at radius 2 is 1.00 bits per heavy atom. The van der Waals surface area contributed by atoms with Gasteiger partial charge in [0.2, 0.25) is 0 Å². The molecule has 0 rings (SSSR count). The molecule has 6 N–H and O–H groups in total. The van der Waals surface area contributed by atoms with Crippen LogP contribution in [-0.2, 0) is 0 Å². The summed E-state index contributed by atoms with van der Waals surface area (Å²) >= 11 is 0. The van der Waals surface area contributed by atoms with E-state index in [2.05, 4.69) is 5.96 Å². The minimum absolute atomic E-state index is 3.00. The summed E-state index contributed by atoms with van der Waals surface area (Å²) in [6.45, 7) is 0. The molecule has 46 valence electrons. The van der Waals surface area contributed by atoms with Crippen molar-refractivity contribution in [1.29, 1.82) is 0 Å². The Bertz CT molecular complexity index is 27.2. The van der Waals surface area contributed by atoms with Crippen LogP contribution in [0.4, 0.5) is 4.48 Å². The first-order chi connectivity index (χ1) is 3.00. The van der Waals surface area contributed by atoms with Gasteiger partial charge in [-0.25, -0.2) is 0 Å². The highest BCUT2D eigenvalue weighted by atomic mass is 28.4. The molecule has 0 heterocycles. The largest absolute Gasteiger partial charge is 0.668 e. The van der Waals surface area contributed by atoms with E-state index in [4.69, 9.17) is 23.7 Å². The van der Waals surface area contributed by atoms with Crippen molar-refractivity contribution in [3.63, 3.8) is 0 Å². The fourth-order valence-electron chi connectivity index (χ4n) is 0. The standard InChI is InChI=1S/FH2N.H4O4Si/c1-2;1-5(2,3)4/h2H2;1-4H. The van der Waals surface area contributed by atoms with Gasteiger partial charge in [-0.05, 0) is 0 Å². The molecule has 0 aromatic carbocycles. The molecular formula is H6FNO4Si. The lowest BCUT2D eigenvalue weighted by atomic mass is 13.8. The zero-order valence-electron chi connectivity index (χ0n) is 3.24. The van der Waals surface area contributed by atoms with E-state index in [1.165, 1.54) is 0 Å². The maximum Gasteiger partial charge on any atom is 0.668 e. The second-order valence-electron chi connectivity index (χ2n) is 0.600. The smallest absolute Gasteiger partial charge is 0.368 e. The number of nitrogens with two attached hydrogens (primary N) is 1. The van der Waals surface area contributed by atoms with Gasteiger partial charge in [-0.3, -0.25) is 0 Å². The van der Waals surface area contributed by atoms with Gasteiger partial charge >= 0.3 is 9.05 Å². The topological polar surface area (TPSA) is 107 Å². The molecule has 0 aromatic heterocycles. The average molecular weight is 131 g/mol. The van der Waals surface area contributed by atoms with Gasteiger partial charge in [0.25, 0.3) is 0 Å². The van der Waals surface area contributed by atoms with Crippen LogP contribution in [0.2, 0.25) is 0 Å². The highest BCUT2D eigenvalue weighted by Crippen LogP contribution is 1.67. The molecule has 0 aromatic rings. The third kappa shape index (κ3) is 32800. The third-order valence-electron chi connectivity index (χ3n) is 0. The Labute approximate surface area is 39.9 Å². The number of rotatable bonds is 0. The van der Waals surface area contributed by atoms with Crippen LogP contribution >= 0.6 is 0 Å². The summed E-state index contributed by atoms with van der Waals surface area (Å²) in [5, 5.41) is 0. The van der Waals surface area contributed by atoms with Crippen LogP contribution < -0.4 is 5.96 Å². The Hall–Kier alpha value is -0.0531. The first-order valence-electron chi connectivity index (χ1n) is 1.11. The molecule has 0 aliphatic rings. The van der Waals surface area contributed by atoms with Crippen LogP contribution in [0.5, 0.6) is 0 Å². The molecule has 0 atom stereocenters. The summed E-state index contributed by atoms with van der Waals surface area (Å²) in [7, 11) is -4.61. The summed E-state index contributed by atoms with van der Waals surface area (Å²) in [6.07, 6.45) is 0. The molecule has 0 saturated carbocycles. The second kappa shape index (κ2) is 4.12. The van der Waals surface area contributed by atoms with E-state index >= 15 is 0 Å². The van der Waals surface area contributed by atoms with Gasteiger partial charge in [0.05, 0.1) is 0 Å².